The topological polar surface area (TPSA) is 35.0 Å². The zero-order valence-electron chi connectivity index (χ0n) is 9.78. The first-order valence-corrected chi connectivity index (χ1v) is 5.78. The van der Waals surface area contributed by atoms with Gasteiger partial charge in [-0.25, -0.2) is 0 Å². The second-order valence-electron chi connectivity index (χ2n) is 4.01. The number of benzene rings is 1. The van der Waals surface area contributed by atoms with E-state index in [0.29, 0.717) is 6.61 Å². The molecule has 3 heteroatoms. The summed E-state index contributed by atoms with van der Waals surface area (Å²) in [7, 11) is 0. The lowest BCUT2D eigenvalue weighted by Crippen LogP contribution is -1.96. The van der Waals surface area contributed by atoms with E-state index in [1.807, 2.05) is 42.5 Å². The highest BCUT2D eigenvalue weighted by Gasteiger charge is 1.99. The third kappa shape index (κ3) is 2.30. The molecule has 3 nitrogen and oxygen atoms in total. The molecule has 1 aromatic carbocycles. The zero-order chi connectivity index (χ0) is 12.2. The van der Waals surface area contributed by atoms with E-state index in [0.717, 1.165) is 22.2 Å². The summed E-state index contributed by atoms with van der Waals surface area (Å²) in [5.41, 5.74) is 2.02. The summed E-state index contributed by atoms with van der Waals surface area (Å²) in [6.07, 6.45) is 5.30. The van der Waals surface area contributed by atoms with Gasteiger partial charge in [-0.2, -0.15) is 0 Å². The number of para-hydroxylation sites is 1. The molecule has 0 N–H and O–H groups in total. The van der Waals surface area contributed by atoms with Crippen molar-refractivity contribution in [3.05, 3.63) is 66.6 Å². The van der Waals surface area contributed by atoms with E-state index in [1.165, 1.54) is 0 Å². The molecule has 0 unspecified atom stereocenters. The standard InChI is InChI=1S/C15H12N2O/c1-2-6-15-13(5-1)8-14(10-17-15)18-11-12-4-3-7-16-9-12/h1-10H,11H2. The van der Waals surface area contributed by atoms with Crippen LogP contribution in [0.3, 0.4) is 0 Å². The van der Waals surface area contributed by atoms with E-state index in [2.05, 4.69) is 9.97 Å². The summed E-state index contributed by atoms with van der Waals surface area (Å²) >= 11 is 0. The molecule has 2 heterocycles. The molecule has 0 aliphatic rings. The molecule has 0 aliphatic heterocycles. The summed E-state index contributed by atoms with van der Waals surface area (Å²) in [5, 5.41) is 1.08. The minimum Gasteiger partial charge on any atom is -0.487 e. The van der Waals surface area contributed by atoms with Crippen molar-refractivity contribution >= 4 is 10.9 Å². The number of ether oxygens (including phenoxy) is 1. The van der Waals surface area contributed by atoms with Gasteiger partial charge in [0.05, 0.1) is 11.7 Å². The van der Waals surface area contributed by atoms with Gasteiger partial charge in [-0.3, -0.25) is 9.97 Å². The number of hydrogen-bond acceptors (Lipinski definition) is 3. The Morgan fingerprint density at radius 1 is 1.00 bits per heavy atom. The molecule has 0 saturated heterocycles. The van der Waals surface area contributed by atoms with Gasteiger partial charge in [-0.15, -0.1) is 0 Å². The van der Waals surface area contributed by atoms with Gasteiger partial charge in [0.25, 0.3) is 0 Å². The molecule has 18 heavy (non-hydrogen) atoms. The van der Waals surface area contributed by atoms with E-state index in [1.54, 1.807) is 18.6 Å². The van der Waals surface area contributed by atoms with Gasteiger partial charge < -0.3 is 4.74 Å². The molecule has 0 atom stereocenters. The van der Waals surface area contributed by atoms with Gasteiger partial charge in [-0.05, 0) is 18.2 Å². The largest absolute Gasteiger partial charge is 0.487 e. The summed E-state index contributed by atoms with van der Waals surface area (Å²) in [6, 6.07) is 13.9. The van der Waals surface area contributed by atoms with E-state index >= 15 is 0 Å². The highest BCUT2D eigenvalue weighted by Crippen LogP contribution is 2.18. The maximum atomic E-state index is 5.70. The number of pyridine rings is 2. The highest BCUT2D eigenvalue weighted by atomic mass is 16.5. The molecule has 0 fully saturated rings. The van der Waals surface area contributed by atoms with Crippen molar-refractivity contribution in [2.24, 2.45) is 0 Å². The summed E-state index contributed by atoms with van der Waals surface area (Å²) in [4.78, 5) is 8.40. The predicted molar refractivity (Wildman–Crippen MR) is 70.3 cm³/mol. The number of hydrogen-bond donors (Lipinski definition) is 0. The second-order valence-corrected chi connectivity index (χ2v) is 4.01. The average Bonchev–Trinajstić information content (AvgIpc) is 2.46. The van der Waals surface area contributed by atoms with Crippen molar-refractivity contribution in [3.63, 3.8) is 0 Å². The Kier molecular flexibility index (Phi) is 2.88. The van der Waals surface area contributed by atoms with Crippen molar-refractivity contribution in [2.45, 2.75) is 6.61 Å². The van der Waals surface area contributed by atoms with Crippen LogP contribution >= 0.6 is 0 Å². The monoisotopic (exact) mass is 236 g/mol. The van der Waals surface area contributed by atoms with E-state index in [9.17, 15) is 0 Å². The smallest absolute Gasteiger partial charge is 0.138 e. The van der Waals surface area contributed by atoms with Crippen molar-refractivity contribution in [1.82, 2.24) is 9.97 Å². The highest BCUT2D eigenvalue weighted by molar-refractivity contribution is 5.79. The van der Waals surface area contributed by atoms with Crippen LogP contribution in [-0.4, -0.2) is 9.97 Å². The number of nitrogens with zero attached hydrogens (tertiary/aromatic N) is 2. The fourth-order valence-electron chi connectivity index (χ4n) is 1.78. The lowest BCUT2D eigenvalue weighted by molar-refractivity contribution is 0.305. The van der Waals surface area contributed by atoms with Crippen LogP contribution in [0.5, 0.6) is 5.75 Å². The minimum absolute atomic E-state index is 0.508. The molecule has 0 amide bonds. The first kappa shape index (κ1) is 10.7. The van der Waals surface area contributed by atoms with Gasteiger partial charge in [0.1, 0.15) is 12.4 Å². The molecule has 0 saturated carbocycles. The molecule has 2 aromatic heterocycles. The van der Waals surface area contributed by atoms with E-state index in [4.69, 9.17) is 4.74 Å². The molecule has 3 aromatic rings. The summed E-state index contributed by atoms with van der Waals surface area (Å²) in [6.45, 7) is 0.508. The Morgan fingerprint density at radius 2 is 1.94 bits per heavy atom. The van der Waals surface area contributed by atoms with Crippen LogP contribution in [0.2, 0.25) is 0 Å². The predicted octanol–water partition coefficient (Wildman–Crippen LogP) is 3.21. The third-order valence-corrected chi connectivity index (χ3v) is 2.69. The lowest BCUT2D eigenvalue weighted by atomic mass is 10.2. The Balaban J connectivity index is 1.79. The van der Waals surface area contributed by atoms with Crippen molar-refractivity contribution < 1.29 is 4.74 Å². The maximum absolute atomic E-state index is 5.70. The van der Waals surface area contributed by atoms with Gasteiger partial charge in [0, 0.05) is 23.3 Å². The second kappa shape index (κ2) is 4.84. The minimum atomic E-state index is 0.508. The van der Waals surface area contributed by atoms with Crippen LogP contribution in [0.15, 0.2) is 61.1 Å². The van der Waals surface area contributed by atoms with Crippen LogP contribution in [0.1, 0.15) is 5.56 Å². The van der Waals surface area contributed by atoms with Gasteiger partial charge >= 0.3 is 0 Å². The molecule has 0 spiro atoms. The number of rotatable bonds is 3. The summed E-state index contributed by atoms with van der Waals surface area (Å²) < 4.78 is 5.70. The van der Waals surface area contributed by atoms with Crippen LogP contribution in [0.25, 0.3) is 10.9 Å². The number of fused-ring (bicyclic) bond motifs is 1. The molecule has 0 radical (unpaired) electrons. The van der Waals surface area contributed by atoms with Crippen LogP contribution in [0.4, 0.5) is 0 Å². The quantitative estimate of drug-likeness (QED) is 0.700. The molecule has 0 bridgehead atoms. The van der Waals surface area contributed by atoms with Crippen molar-refractivity contribution in [2.75, 3.05) is 0 Å². The Labute approximate surface area is 105 Å². The zero-order valence-corrected chi connectivity index (χ0v) is 9.78. The van der Waals surface area contributed by atoms with Gasteiger partial charge in [-0.1, -0.05) is 24.3 Å². The molecule has 3 rings (SSSR count). The molecule has 0 aliphatic carbocycles. The van der Waals surface area contributed by atoms with Gasteiger partial charge in [0.2, 0.25) is 0 Å². The Morgan fingerprint density at radius 3 is 2.83 bits per heavy atom. The SMILES string of the molecule is c1cncc(COc2cnc3ccccc3c2)c1. The third-order valence-electron chi connectivity index (χ3n) is 2.69. The molecule has 88 valence electrons. The van der Waals surface area contributed by atoms with Crippen LogP contribution in [0, 0.1) is 0 Å². The van der Waals surface area contributed by atoms with Crippen LogP contribution in [-0.2, 0) is 6.61 Å². The van der Waals surface area contributed by atoms with Crippen molar-refractivity contribution in [3.8, 4) is 5.75 Å². The van der Waals surface area contributed by atoms with E-state index < -0.39 is 0 Å². The summed E-state index contributed by atoms with van der Waals surface area (Å²) in [5.74, 6) is 0.776. The average molecular weight is 236 g/mol. The first-order valence-electron chi connectivity index (χ1n) is 5.78. The fraction of sp³-hybridized carbons (Fsp3) is 0.0667. The van der Waals surface area contributed by atoms with Crippen molar-refractivity contribution in [1.29, 1.82) is 0 Å². The van der Waals surface area contributed by atoms with Gasteiger partial charge in [0.15, 0.2) is 0 Å². The molecular weight excluding hydrogens is 224 g/mol. The normalized spacial score (nSPS) is 10.4. The van der Waals surface area contributed by atoms with Crippen LogP contribution < -0.4 is 4.74 Å². The lowest BCUT2D eigenvalue weighted by Gasteiger charge is -2.06. The Hall–Kier alpha value is -2.42. The first-order chi connectivity index (χ1) is 8.92. The fourth-order valence-corrected chi connectivity index (χ4v) is 1.78. The maximum Gasteiger partial charge on any atom is 0.138 e. The Bertz CT molecular complexity index is 653. The number of aromatic nitrogens is 2. The van der Waals surface area contributed by atoms with E-state index in [-0.39, 0.29) is 0 Å². The molecular formula is C15H12N2O.